The van der Waals surface area contributed by atoms with Gasteiger partial charge in [-0.05, 0) is 51.1 Å². The minimum absolute atomic E-state index is 0.190. The van der Waals surface area contributed by atoms with E-state index in [2.05, 4.69) is 24.1 Å². The molecule has 122 valence electrons. The Hall–Kier alpha value is -0.610. The maximum Gasteiger partial charge on any atom is 0.227 e. The van der Waals surface area contributed by atoms with Gasteiger partial charge < -0.3 is 11.1 Å². The molecule has 1 aliphatic carbocycles. The number of nitrogens with one attached hydrogen (secondary N) is 1. The Bertz CT molecular complexity index is 360. The minimum atomic E-state index is -0.217. The largest absolute Gasteiger partial charge is 0.359 e. The number of nitrogens with two attached hydrogens (primary N) is 1. The zero-order valence-corrected chi connectivity index (χ0v) is 14.0. The molecule has 0 aromatic carbocycles. The van der Waals surface area contributed by atoms with Gasteiger partial charge in [0.2, 0.25) is 5.91 Å². The first-order valence-corrected chi connectivity index (χ1v) is 8.70. The van der Waals surface area contributed by atoms with Crippen LogP contribution in [0.4, 0.5) is 0 Å². The highest BCUT2D eigenvalue weighted by Gasteiger charge is 2.44. The van der Waals surface area contributed by atoms with Crippen LogP contribution >= 0.6 is 0 Å². The Morgan fingerprint density at radius 1 is 1.43 bits per heavy atom. The Kier molecular flexibility index (Phi) is 5.67. The average Bonchev–Trinajstić information content (AvgIpc) is 2.90. The summed E-state index contributed by atoms with van der Waals surface area (Å²) in [7, 11) is 1.75. The molecule has 0 radical (unpaired) electrons. The molecule has 2 rings (SSSR count). The maximum absolute atomic E-state index is 12.1. The van der Waals surface area contributed by atoms with E-state index in [-0.39, 0.29) is 11.3 Å². The predicted molar refractivity (Wildman–Crippen MR) is 86.9 cm³/mol. The van der Waals surface area contributed by atoms with Crippen LogP contribution in [0.5, 0.6) is 0 Å². The molecule has 3 N–H and O–H groups in total. The maximum atomic E-state index is 12.1. The lowest BCUT2D eigenvalue weighted by Crippen LogP contribution is -2.48. The van der Waals surface area contributed by atoms with Crippen molar-refractivity contribution in [1.82, 2.24) is 10.2 Å². The molecule has 1 saturated carbocycles. The highest BCUT2D eigenvalue weighted by molar-refractivity contribution is 5.82. The fourth-order valence-corrected chi connectivity index (χ4v) is 4.45. The number of hydrogen-bond acceptors (Lipinski definition) is 3. The fraction of sp³-hybridized carbons (Fsp3) is 0.941. The molecule has 2 fully saturated rings. The van der Waals surface area contributed by atoms with Crippen molar-refractivity contribution in [2.75, 3.05) is 26.7 Å². The molecular formula is C17H33N3O. The molecule has 2 aliphatic rings. The Labute approximate surface area is 129 Å². The van der Waals surface area contributed by atoms with Crippen LogP contribution in [0.3, 0.4) is 0 Å². The van der Waals surface area contributed by atoms with Crippen molar-refractivity contribution < 1.29 is 4.79 Å². The van der Waals surface area contributed by atoms with Gasteiger partial charge in [-0.2, -0.15) is 0 Å². The zero-order valence-electron chi connectivity index (χ0n) is 14.0. The second-order valence-corrected chi connectivity index (χ2v) is 7.39. The smallest absolute Gasteiger partial charge is 0.227 e. The molecule has 1 aliphatic heterocycles. The summed E-state index contributed by atoms with van der Waals surface area (Å²) in [5.41, 5.74) is 5.81. The molecule has 1 saturated heterocycles. The van der Waals surface area contributed by atoms with Gasteiger partial charge in [0.1, 0.15) is 0 Å². The second kappa shape index (κ2) is 7.10. The summed E-state index contributed by atoms with van der Waals surface area (Å²) >= 11 is 0. The summed E-state index contributed by atoms with van der Waals surface area (Å²) in [6, 6.07) is 0.590. The van der Waals surface area contributed by atoms with E-state index >= 15 is 0 Å². The molecular weight excluding hydrogens is 262 g/mol. The highest BCUT2D eigenvalue weighted by Crippen LogP contribution is 2.39. The van der Waals surface area contributed by atoms with Gasteiger partial charge in [-0.15, -0.1) is 0 Å². The number of likely N-dealkylation sites (tertiary alicyclic amines) is 1. The van der Waals surface area contributed by atoms with Crippen molar-refractivity contribution in [3.63, 3.8) is 0 Å². The number of rotatable bonds is 5. The fourth-order valence-electron chi connectivity index (χ4n) is 4.45. The topological polar surface area (TPSA) is 58.4 Å². The third-order valence-electron chi connectivity index (χ3n) is 5.81. The summed E-state index contributed by atoms with van der Waals surface area (Å²) in [6.45, 7) is 7.12. The van der Waals surface area contributed by atoms with E-state index in [1.807, 2.05) is 0 Å². The second-order valence-electron chi connectivity index (χ2n) is 7.39. The molecule has 1 heterocycles. The molecule has 0 aromatic rings. The lowest BCUT2D eigenvalue weighted by molar-refractivity contribution is -0.129. The predicted octanol–water partition coefficient (Wildman–Crippen LogP) is 1.99. The number of nitrogens with zero attached hydrogens (tertiary/aromatic N) is 1. The van der Waals surface area contributed by atoms with E-state index in [9.17, 15) is 4.79 Å². The zero-order chi connectivity index (χ0) is 15.5. The number of amides is 1. The standard InChI is InChI=1S/C17H33N3O/c1-4-5-13-6-7-14(11-18)15(10-13)20-9-8-17(2,12-20)16(21)19-3/h13-15H,4-12,18H2,1-3H3,(H,19,21). The van der Waals surface area contributed by atoms with Gasteiger partial charge in [0, 0.05) is 19.6 Å². The van der Waals surface area contributed by atoms with Crippen LogP contribution in [-0.2, 0) is 4.79 Å². The Morgan fingerprint density at radius 3 is 2.81 bits per heavy atom. The van der Waals surface area contributed by atoms with Crippen molar-refractivity contribution in [3.05, 3.63) is 0 Å². The molecule has 0 bridgehead atoms. The monoisotopic (exact) mass is 295 g/mol. The quantitative estimate of drug-likeness (QED) is 0.815. The van der Waals surface area contributed by atoms with Gasteiger partial charge in [0.15, 0.2) is 0 Å². The van der Waals surface area contributed by atoms with Crippen LogP contribution in [0.2, 0.25) is 0 Å². The summed E-state index contributed by atoms with van der Waals surface area (Å²) in [4.78, 5) is 14.7. The van der Waals surface area contributed by atoms with Crippen molar-refractivity contribution in [1.29, 1.82) is 0 Å². The van der Waals surface area contributed by atoms with Crippen LogP contribution < -0.4 is 11.1 Å². The number of carbonyl (C=O) groups is 1. The van der Waals surface area contributed by atoms with E-state index in [1.54, 1.807) is 7.05 Å². The molecule has 4 nitrogen and oxygen atoms in total. The van der Waals surface area contributed by atoms with Crippen LogP contribution in [0, 0.1) is 17.3 Å². The third-order valence-corrected chi connectivity index (χ3v) is 5.81. The summed E-state index contributed by atoms with van der Waals surface area (Å²) < 4.78 is 0. The van der Waals surface area contributed by atoms with Crippen LogP contribution in [0.25, 0.3) is 0 Å². The molecule has 1 amide bonds. The lowest BCUT2D eigenvalue weighted by Gasteiger charge is -2.41. The first-order valence-electron chi connectivity index (χ1n) is 8.70. The van der Waals surface area contributed by atoms with Gasteiger partial charge in [-0.25, -0.2) is 0 Å². The van der Waals surface area contributed by atoms with Gasteiger partial charge in [-0.1, -0.05) is 26.2 Å². The van der Waals surface area contributed by atoms with Gasteiger partial charge >= 0.3 is 0 Å². The highest BCUT2D eigenvalue weighted by atomic mass is 16.2. The Morgan fingerprint density at radius 2 is 2.19 bits per heavy atom. The van der Waals surface area contributed by atoms with E-state index in [0.717, 1.165) is 32.0 Å². The van der Waals surface area contributed by atoms with E-state index < -0.39 is 0 Å². The van der Waals surface area contributed by atoms with Crippen LogP contribution in [-0.4, -0.2) is 43.5 Å². The normalized spacial score (nSPS) is 37.6. The van der Waals surface area contributed by atoms with E-state index in [0.29, 0.717) is 12.0 Å². The van der Waals surface area contributed by atoms with Crippen LogP contribution in [0.1, 0.15) is 52.4 Å². The summed E-state index contributed by atoms with van der Waals surface area (Å²) in [5, 5.41) is 2.83. The van der Waals surface area contributed by atoms with Crippen molar-refractivity contribution in [2.24, 2.45) is 23.0 Å². The van der Waals surface area contributed by atoms with Gasteiger partial charge in [0.25, 0.3) is 0 Å². The SMILES string of the molecule is CCCC1CCC(CN)C(N2CCC(C)(C(=O)NC)C2)C1. The summed E-state index contributed by atoms with van der Waals surface area (Å²) in [5.74, 6) is 1.66. The minimum Gasteiger partial charge on any atom is -0.359 e. The first kappa shape index (κ1) is 16.8. The van der Waals surface area contributed by atoms with Crippen LogP contribution in [0.15, 0.2) is 0 Å². The molecule has 4 atom stereocenters. The Balaban J connectivity index is 2.03. The lowest BCUT2D eigenvalue weighted by atomic mass is 9.76. The summed E-state index contributed by atoms with van der Waals surface area (Å²) in [6.07, 6.45) is 7.47. The van der Waals surface area contributed by atoms with Crippen molar-refractivity contribution in [2.45, 2.75) is 58.4 Å². The number of hydrogen-bond donors (Lipinski definition) is 2. The van der Waals surface area contributed by atoms with Crippen molar-refractivity contribution >= 4 is 5.91 Å². The van der Waals surface area contributed by atoms with Crippen molar-refractivity contribution in [3.8, 4) is 0 Å². The van der Waals surface area contributed by atoms with E-state index in [1.165, 1.54) is 32.1 Å². The molecule has 4 unspecified atom stereocenters. The van der Waals surface area contributed by atoms with Gasteiger partial charge in [0.05, 0.1) is 5.41 Å². The molecule has 4 heteroatoms. The third kappa shape index (κ3) is 3.59. The first-order chi connectivity index (χ1) is 10.0. The molecule has 0 spiro atoms. The number of carbonyl (C=O) groups excluding carboxylic acids is 1. The molecule has 21 heavy (non-hydrogen) atoms. The average molecular weight is 295 g/mol. The van der Waals surface area contributed by atoms with E-state index in [4.69, 9.17) is 5.73 Å². The van der Waals surface area contributed by atoms with Gasteiger partial charge in [-0.3, -0.25) is 9.69 Å². The molecule has 0 aromatic heterocycles.